The van der Waals surface area contributed by atoms with Crippen molar-refractivity contribution in [1.82, 2.24) is 10.2 Å². The van der Waals surface area contributed by atoms with Crippen molar-refractivity contribution < 1.29 is 19.1 Å². The molecule has 1 aromatic rings. The molecule has 1 aromatic carbocycles. The standard InChI is InChI=1S/C29H42N2O4/c1-6-18-29(30-26(32)7-2)19-11-20-31(27(33)35-28(3,4)5)25(29)21-34-24-16-14-23(15-17-24)22-12-9-8-10-13-22/h6-10,12-13,23-25H,1-2,11,14-21H2,3-5H3,(H,30,32). The quantitative estimate of drug-likeness (QED) is 0.379. The Balaban J connectivity index is 1.75. The highest BCUT2D eigenvalue weighted by Crippen LogP contribution is 2.36. The zero-order chi connectivity index (χ0) is 25.5. The molecule has 1 saturated heterocycles. The predicted molar refractivity (Wildman–Crippen MR) is 139 cm³/mol. The number of rotatable bonds is 8. The van der Waals surface area contributed by atoms with Crippen LogP contribution in [0.2, 0.25) is 0 Å². The molecule has 0 bridgehead atoms. The summed E-state index contributed by atoms with van der Waals surface area (Å²) in [6, 6.07) is 10.3. The molecule has 2 aliphatic rings. The predicted octanol–water partition coefficient (Wildman–Crippen LogP) is 5.75. The summed E-state index contributed by atoms with van der Waals surface area (Å²) in [6.45, 7) is 14.0. The monoisotopic (exact) mass is 482 g/mol. The van der Waals surface area contributed by atoms with Gasteiger partial charge in [0.05, 0.1) is 24.3 Å². The lowest BCUT2D eigenvalue weighted by Gasteiger charge is -2.50. The molecule has 2 fully saturated rings. The van der Waals surface area contributed by atoms with Crippen LogP contribution >= 0.6 is 0 Å². The van der Waals surface area contributed by atoms with E-state index in [9.17, 15) is 9.59 Å². The Labute approximate surface area is 210 Å². The van der Waals surface area contributed by atoms with E-state index in [0.29, 0.717) is 25.5 Å². The van der Waals surface area contributed by atoms with E-state index < -0.39 is 11.1 Å². The Kier molecular flexibility index (Phi) is 9.17. The molecule has 3 rings (SSSR count). The van der Waals surface area contributed by atoms with Gasteiger partial charge >= 0.3 is 6.09 Å². The van der Waals surface area contributed by atoms with Gasteiger partial charge in [-0.15, -0.1) is 6.58 Å². The smallest absolute Gasteiger partial charge is 0.410 e. The number of nitrogens with zero attached hydrogens (tertiary/aromatic N) is 1. The van der Waals surface area contributed by atoms with E-state index in [1.807, 2.05) is 20.8 Å². The van der Waals surface area contributed by atoms with Crippen molar-refractivity contribution in [3.05, 3.63) is 61.2 Å². The van der Waals surface area contributed by atoms with Crippen molar-refractivity contribution in [2.45, 2.75) is 94.9 Å². The third kappa shape index (κ3) is 7.20. The van der Waals surface area contributed by atoms with Gasteiger partial charge in [-0.25, -0.2) is 4.79 Å². The van der Waals surface area contributed by atoms with Crippen molar-refractivity contribution in [3.8, 4) is 0 Å². The third-order valence-corrected chi connectivity index (χ3v) is 7.17. The molecule has 6 heteroatoms. The molecule has 0 radical (unpaired) electrons. The van der Waals surface area contributed by atoms with Crippen LogP contribution in [0.3, 0.4) is 0 Å². The number of carbonyl (C=O) groups is 2. The fourth-order valence-electron chi connectivity index (χ4n) is 5.48. The fourth-order valence-corrected chi connectivity index (χ4v) is 5.48. The first kappa shape index (κ1) is 27.0. The number of hydrogen-bond acceptors (Lipinski definition) is 4. The Bertz CT molecular complexity index is 870. The number of benzene rings is 1. The lowest BCUT2D eigenvalue weighted by molar-refractivity contribution is -0.121. The molecule has 1 heterocycles. The molecule has 1 saturated carbocycles. The maximum Gasteiger partial charge on any atom is 0.410 e. The molecule has 1 aliphatic heterocycles. The maximum atomic E-state index is 13.2. The Morgan fingerprint density at radius 3 is 2.43 bits per heavy atom. The largest absolute Gasteiger partial charge is 0.444 e. The number of piperidine rings is 1. The van der Waals surface area contributed by atoms with Crippen molar-refractivity contribution in [3.63, 3.8) is 0 Å². The van der Waals surface area contributed by atoms with Gasteiger partial charge in [-0.1, -0.05) is 43.0 Å². The van der Waals surface area contributed by atoms with Gasteiger partial charge in [0, 0.05) is 6.54 Å². The summed E-state index contributed by atoms with van der Waals surface area (Å²) in [5.74, 6) is 0.307. The minimum Gasteiger partial charge on any atom is -0.444 e. The summed E-state index contributed by atoms with van der Waals surface area (Å²) in [5, 5.41) is 3.14. The van der Waals surface area contributed by atoms with Crippen molar-refractivity contribution >= 4 is 12.0 Å². The molecule has 2 atom stereocenters. The fraction of sp³-hybridized carbons (Fsp3) is 0.586. The van der Waals surface area contributed by atoms with Gasteiger partial charge in [0.25, 0.3) is 0 Å². The summed E-state index contributed by atoms with van der Waals surface area (Å²) in [4.78, 5) is 27.4. The van der Waals surface area contributed by atoms with Crippen LogP contribution in [0.15, 0.2) is 55.6 Å². The van der Waals surface area contributed by atoms with E-state index in [4.69, 9.17) is 9.47 Å². The second-order valence-electron chi connectivity index (χ2n) is 10.9. The number of hydrogen-bond donors (Lipinski definition) is 1. The summed E-state index contributed by atoms with van der Waals surface area (Å²) >= 11 is 0. The van der Waals surface area contributed by atoms with Crippen LogP contribution in [-0.2, 0) is 14.3 Å². The summed E-state index contributed by atoms with van der Waals surface area (Å²) in [5.41, 5.74) is 0.108. The summed E-state index contributed by atoms with van der Waals surface area (Å²) < 4.78 is 12.2. The van der Waals surface area contributed by atoms with E-state index in [1.165, 1.54) is 11.6 Å². The second-order valence-corrected chi connectivity index (χ2v) is 10.9. The van der Waals surface area contributed by atoms with Crippen LogP contribution in [-0.4, -0.2) is 53.3 Å². The molecule has 1 aliphatic carbocycles. The van der Waals surface area contributed by atoms with Crippen LogP contribution in [0.5, 0.6) is 0 Å². The number of carbonyl (C=O) groups excluding carboxylic acids is 2. The van der Waals surface area contributed by atoms with Gasteiger partial charge in [-0.2, -0.15) is 0 Å². The molecule has 2 unspecified atom stereocenters. The molecule has 6 nitrogen and oxygen atoms in total. The van der Waals surface area contributed by atoms with Crippen LogP contribution in [0.4, 0.5) is 4.79 Å². The first-order chi connectivity index (χ1) is 16.7. The Hall–Kier alpha value is -2.60. The van der Waals surface area contributed by atoms with Gasteiger partial charge in [-0.3, -0.25) is 4.79 Å². The number of likely N-dealkylation sites (tertiary alicyclic amines) is 1. The minimum atomic E-state index is -0.677. The summed E-state index contributed by atoms with van der Waals surface area (Å²) in [6.07, 6.45) is 8.98. The number of ether oxygens (including phenoxy) is 2. The third-order valence-electron chi connectivity index (χ3n) is 7.17. The van der Waals surface area contributed by atoms with E-state index >= 15 is 0 Å². The van der Waals surface area contributed by atoms with Crippen molar-refractivity contribution in [2.24, 2.45) is 0 Å². The summed E-state index contributed by atoms with van der Waals surface area (Å²) in [7, 11) is 0. The van der Waals surface area contributed by atoms with E-state index in [1.54, 1.807) is 11.0 Å². The second kappa shape index (κ2) is 11.9. The molecule has 35 heavy (non-hydrogen) atoms. The minimum absolute atomic E-state index is 0.133. The van der Waals surface area contributed by atoms with E-state index in [-0.39, 0.29) is 24.1 Å². The van der Waals surface area contributed by atoms with Gasteiger partial charge in [0.1, 0.15) is 5.60 Å². The SMILES string of the molecule is C=CCC1(NC(=O)C=C)CCCN(C(=O)OC(C)(C)C)C1COC1CCC(c2ccccc2)CC1. The van der Waals surface area contributed by atoms with Gasteiger partial charge in [0.2, 0.25) is 5.91 Å². The van der Waals surface area contributed by atoms with Crippen LogP contribution in [0, 0.1) is 0 Å². The van der Waals surface area contributed by atoms with E-state index in [0.717, 1.165) is 38.5 Å². The normalized spacial score (nSPS) is 27.1. The first-order valence-corrected chi connectivity index (χ1v) is 12.9. The highest BCUT2D eigenvalue weighted by atomic mass is 16.6. The molecule has 2 amide bonds. The molecule has 0 spiro atoms. The van der Waals surface area contributed by atoms with E-state index in [2.05, 4.69) is 48.8 Å². The molecular weight excluding hydrogens is 440 g/mol. The highest BCUT2D eigenvalue weighted by Gasteiger charge is 2.48. The lowest BCUT2D eigenvalue weighted by Crippen LogP contribution is -2.67. The first-order valence-electron chi connectivity index (χ1n) is 12.9. The molecule has 0 aromatic heterocycles. The molecular formula is C29H42N2O4. The zero-order valence-electron chi connectivity index (χ0n) is 21.6. The molecule has 1 N–H and O–H groups in total. The van der Waals surface area contributed by atoms with Gasteiger partial charge in [-0.05, 0) is 83.3 Å². The van der Waals surface area contributed by atoms with Crippen LogP contribution < -0.4 is 5.32 Å². The highest BCUT2D eigenvalue weighted by molar-refractivity contribution is 5.87. The van der Waals surface area contributed by atoms with Gasteiger partial charge < -0.3 is 19.7 Å². The average Bonchev–Trinajstić information content (AvgIpc) is 2.83. The van der Waals surface area contributed by atoms with Crippen LogP contribution in [0.1, 0.15) is 77.2 Å². The lowest BCUT2D eigenvalue weighted by atomic mass is 9.78. The van der Waals surface area contributed by atoms with Crippen LogP contribution in [0.25, 0.3) is 0 Å². The molecule has 192 valence electrons. The Morgan fingerprint density at radius 1 is 1.14 bits per heavy atom. The number of amides is 2. The number of nitrogens with one attached hydrogen (secondary N) is 1. The average molecular weight is 483 g/mol. The topological polar surface area (TPSA) is 67.9 Å². The zero-order valence-corrected chi connectivity index (χ0v) is 21.6. The van der Waals surface area contributed by atoms with Crippen molar-refractivity contribution in [1.29, 1.82) is 0 Å². The van der Waals surface area contributed by atoms with Gasteiger partial charge in [0.15, 0.2) is 0 Å². The van der Waals surface area contributed by atoms with Crippen molar-refractivity contribution in [2.75, 3.05) is 13.2 Å². The Morgan fingerprint density at radius 2 is 1.83 bits per heavy atom. The maximum absolute atomic E-state index is 13.2.